The number of carbonyl (C=O) groups is 2. The molecule has 2 amide bonds. The van der Waals surface area contributed by atoms with Crippen LogP contribution >= 0.6 is 0 Å². The van der Waals surface area contributed by atoms with E-state index in [1.54, 1.807) is 10.7 Å². The number of amides is 2. The minimum absolute atomic E-state index is 0.0775. The minimum atomic E-state index is -0.297. The van der Waals surface area contributed by atoms with Gasteiger partial charge in [0.05, 0.1) is 11.2 Å². The van der Waals surface area contributed by atoms with E-state index in [2.05, 4.69) is 26.4 Å². The average Bonchev–Trinajstić information content (AvgIpc) is 3.24. The van der Waals surface area contributed by atoms with Crippen molar-refractivity contribution in [2.24, 2.45) is 0 Å². The van der Waals surface area contributed by atoms with Gasteiger partial charge in [0, 0.05) is 44.2 Å². The number of anilines is 2. The van der Waals surface area contributed by atoms with Gasteiger partial charge < -0.3 is 21.3 Å². The summed E-state index contributed by atoms with van der Waals surface area (Å²) in [5, 5.41) is 16.8. The monoisotopic (exact) mass is 492 g/mol. The van der Waals surface area contributed by atoms with Crippen molar-refractivity contribution in [1.82, 2.24) is 30.4 Å². The maximum absolute atomic E-state index is 12.8. The zero-order valence-electron chi connectivity index (χ0n) is 21.9. The van der Waals surface area contributed by atoms with Gasteiger partial charge in [-0.2, -0.15) is 5.10 Å². The number of carbonyl (C=O) groups excluding carboxylic acids is 2. The summed E-state index contributed by atoms with van der Waals surface area (Å²) in [5.74, 6) is 1.70. The molecule has 0 unspecified atom stereocenters. The summed E-state index contributed by atoms with van der Waals surface area (Å²) in [7, 11) is 0. The van der Waals surface area contributed by atoms with Crippen LogP contribution in [0, 0.1) is 13.8 Å². The molecule has 0 bridgehead atoms. The summed E-state index contributed by atoms with van der Waals surface area (Å²) in [6.45, 7) is 13.2. The molecule has 4 N–H and O–H groups in total. The molecule has 0 spiro atoms. The maximum Gasteiger partial charge on any atom is 0.269 e. The molecule has 0 saturated carbocycles. The van der Waals surface area contributed by atoms with Gasteiger partial charge in [0.15, 0.2) is 5.82 Å². The smallest absolute Gasteiger partial charge is 0.269 e. The van der Waals surface area contributed by atoms with Crippen LogP contribution in [-0.2, 0) is 10.3 Å². The molecule has 0 aliphatic rings. The summed E-state index contributed by atoms with van der Waals surface area (Å²) in [5.41, 5.74) is 2.79. The van der Waals surface area contributed by atoms with Crippen LogP contribution in [0.25, 0.3) is 11.4 Å². The topological polar surface area (TPSA) is 126 Å². The molecule has 3 rings (SSSR count). The highest BCUT2D eigenvalue weighted by molar-refractivity contribution is 5.92. The van der Waals surface area contributed by atoms with Gasteiger partial charge in [0.1, 0.15) is 17.3 Å². The molecule has 192 valence electrons. The third kappa shape index (κ3) is 7.03. The highest BCUT2D eigenvalue weighted by Gasteiger charge is 2.22. The quantitative estimate of drug-likeness (QED) is 0.320. The highest BCUT2D eigenvalue weighted by Crippen LogP contribution is 2.25. The van der Waals surface area contributed by atoms with E-state index >= 15 is 0 Å². The first-order valence-electron chi connectivity index (χ1n) is 12.1. The van der Waals surface area contributed by atoms with Crippen LogP contribution in [0.3, 0.4) is 0 Å². The highest BCUT2D eigenvalue weighted by atomic mass is 16.2. The molecule has 0 aliphatic carbocycles. The Morgan fingerprint density at radius 3 is 2.03 bits per heavy atom. The van der Waals surface area contributed by atoms with Crippen LogP contribution in [0.5, 0.6) is 0 Å². The molecule has 1 aromatic carbocycles. The molecule has 0 radical (unpaired) electrons. The van der Waals surface area contributed by atoms with Gasteiger partial charge in [-0.1, -0.05) is 30.3 Å². The largest absolute Gasteiger partial charge is 0.368 e. The molecule has 10 nitrogen and oxygen atoms in total. The second-order valence-corrected chi connectivity index (χ2v) is 9.58. The third-order valence-corrected chi connectivity index (χ3v) is 5.37. The second kappa shape index (κ2) is 11.7. The van der Waals surface area contributed by atoms with Gasteiger partial charge in [-0.25, -0.2) is 9.97 Å². The van der Waals surface area contributed by atoms with E-state index in [1.807, 2.05) is 65.0 Å². The summed E-state index contributed by atoms with van der Waals surface area (Å²) in [4.78, 5) is 33.4. The van der Waals surface area contributed by atoms with Crippen LogP contribution in [0.1, 0.15) is 49.4 Å². The van der Waals surface area contributed by atoms with Crippen molar-refractivity contribution in [2.45, 2.75) is 47.1 Å². The first kappa shape index (κ1) is 26.7. The molecule has 2 heterocycles. The number of rotatable bonds is 10. The van der Waals surface area contributed by atoms with E-state index in [-0.39, 0.29) is 17.4 Å². The summed E-state index contributed by atoms with van der Waals surface area (Å²) in [6, 6.07) is 11.5. The van der Waals surface area contributed by atoms with Gasteiger partial charge in [0.25, 0.3) is 5.91 Å². The first-order chi connectivity index (χ1) is 17.1. The molecule has 36 heavy (non-hydrogen) atoms. The van der Waals surface area contributed by atoms with Crippen LogP contribution in [-0.4, -0.2) is 57.7 Å². The van der Waals surface area contributed by atoms with E-state index in [1.165, 1.54) is 6.92 Å². The van der Waals surface area contributed by atoms with Crippen molar-refractivity contribution < 1.29 is 9.59 Å². The summed E-state index contributed by atoms with van der Waals surface area (Å²) >= 11 is 0. The Hall–Kier alpha value is -3.95. The summed E-state index contributed by atoms with van der Waals surface area (Å²) < 4.78 is 1.75. The third-order valence-electron chi connectivity index (χ3n) is 5.37. The molecule has 0 fully saturated rings. The zero-order valence-corrected chi connectivity index (χ0v) is 21.9. The Kier molecular flexibility index (Phi) is 8.63. The fraction of sp³-hybridized carbons (Fsp3) is 0.423. The van der Waals surface area contributed by atoms with Crippen molar-refractivity contribution in [1.29, 1.82) is 0 Å². The van der Waals surface area contributed by atoms with Crippen molar-refractivity contribution in [3.05, 3.63) is 53.3 Å². The molecule has 0 saturated heterocycles. The Labute approximate surface area is 212 Å². The predicted molar refractivity (Wildman–Crippen MR) is 142 cm³/mol. The minimum Gasteiger partial charge on any atom is -0.368 e. The predicted octanol–water partition coefficient (Wildman–Crippen LogP) is 3.10. The molecule has 10 heteroatoms. The standard InChI is InChI=1S/C26H36N8O2/c1-17-16-21(34(33-17)26(4,5)6)25(36)30-15-14-29-23-18(2)22(28-13-12-27-19(3)35)31-24(32-23)20-10-8-7-9-11-20/h7-11,16H,12-15H2,1-6H3,(H,27,35)(H,30,36)(H2,28,29,31,32). The van der Waals surface area contributed by atoms with Crippen molar-refractivity contribution in [3.63, 3.8) is 0 Å². The summed E-state index contributed by atoms with van der Waals surface area (Å²) in [6.07, 6.45) is 0. The Morgan fingerprint density at radius 1 is 0.889 bits per heavy atom. The second-order valence-electron chi connectivity index (χ2n) is 9.58. The van der Waals surface area contributed by atoms with Gasteiger partial charge in [-0.05, 0) is 40.7 Å². The number of aryl methyl sites for hydroxylation is 1. The molecular weight excluding hydrogens is 456 g/mol. The van der Waals surface area contributed by atoms with Gasteiger partial charge in [-0.3, -0.25) is 14.3 Å². The van der Waals surface area contributed by atoms with Crippen molar-refractivity contribution in [3.8, 4) is 11.4 Å². The number of benzene rings is 1. The number of nitrogens with one attached hydrogen (secondary N) is 4. The van der Waals surface area contributed by atoms with Gasteiger partial charge in [-0.15, -0.1) is 0 Å². The first-order valence-corrected chi connectivity index (χ1v) is 12.1. The number of hydrogen-bond donors (Lipinski definition) is 4. The average molecular weight is 493 g/mol. The van der Waals surface area contributed by atoms with E-state index < -0.39 is 0 Å². The Bertz CT molecular complexity index is 1200. The van der Waals surface area contributed by atoms with Crippen LogP contribution in [0.4, 0.5) is 11.6 Å². The fourth-order valence-corrected chi connectivity index (χ4v) is 3.62. The van der Waals surface area contributed by atoms with Gasteiger partial charge in [0.2, 0.25) is 5.91 Å². The fourth-order valence-electron chi connectivity index (χ4n) is 3.62. The Morgan fingerprint density at radius 2 is 1.47 bits per heavy atom. The van der Waals surface area contributed by atoms with E-state index in [4.69, 9.17) is 9.97 Å². The van der Waals surface area contributed by atoms with Crippen molar-refractivity contribution in [2.75, 3.05) is 36.8 Å². The zero-order chi connectivity index (χ0) is 26.3. The van der Waals surface area contributed by atoms with E-state index in [9.17, 15) is 9.59 Å². The maximum atomic E-state index is 12.8. The van der Waals surface area contributed by atoms with Gasteiger partial charge >= 0.3 is 0 Å². The van der Waals surface area contributed by atoms with Crippen LogP contribution in [0.15, 0.2) is 36.4 Å². The van der Waals surface area contributed by atoms with Crippen LogP contribution in [0.2, 0.25) is 0 Å². The number of nitrogens with zero attached hydrogens (tertiary/aromatic N) is 4. The lowest BCUT2D eigenvalue weighted by Crippen LogP contribution is -2.34. The van der Waals surface area contributed by atoms with E-state index in [0.29, 0.717) is 49.3 Å². The molecule has 0 aliphatic heterocycles. The SMILES string of the molecule is CC(=O)NCCNc1nc(-c2ccccc2)nc(NCCNC(=O)c2cc(C)nn2C(C)(C)C)c1C. The molecular formula is C26H36N8O2. The molecule has 2 aromatic heterocycles. The normalized spacial score (nSPS) is 11.2. The molecule has 0 atom stereocenters. The lowest BCUT2D eigenvalue weighted by molar-refractivity contribution is -0.118. The van der Waals surface area contributed by atoms with Crippen LogP contribution < -0.4 is 21.3 Å². The Balaban J connectivity index is 1.70. The number of aromatic nitrogens is 4. The lowest BCUT2D eigenvalue weighted by atomic mass is 10.1. The number of hydrogen-bond acceptors (Lipinski definition) is 7. The van der Waals surface area contributed by atoms with Crippen molar-refractivity contribution >= 4 is 23.5 Å². The lowest BCUT2D eigenvalue weighted by Gasteiger charge is -2.22. The van der Waals surface area contributed by atoms with E-state index in [0.717, 1.165) is 16.8 Å². The molecule has 3 aromatic rings.